The molecule has 0 radical (unpaired) electrons. The summed E-state index contributed by atoms with van der Waals surface area (Å²) in [7, 11) is 3.44. The molecule has 0 saturated heterocycles. The molecule has 1 aromatic rings. The largest absolute Gasteiger partial charge is 0.493 e. The second-order valence-electron chi connectivity index (χ2n) is 6.09. The van der Waals surface area contributed by atoms with Crippen LogP contribution in [0.25, 0.3) is 0 Å². The minimum Gasteiger partial charge on any atom is -0.493 e. The van der Waals surface area contributed by atoms with Gasteiger partial charge in [0.2, 0.25) is 0 Å². The van der Waals surface area contributed by atoms with E-state index in [-0.39, 0.29) is 24.0 Å². The monoisotopic (exact) mass is 478 g/mol. The molecule has 0 aromatic heterocycles. The van der Waals surface area contributed by atoms with Crippen LogP contribution in [0, 0.1) is 0 Å². The lowest BCUT2D eigenvalue weighted by Gasteiger charge is -2.19. The maximum atomic E-state index is 5.89. The molecule has 0 spiro atoms. The Kier molecular flexibility index (Phi) is 13.3. The van der Waals surface area contributed by atoms with Gasteiger partial charge in [-0.05, 0) is 44.6 Å². The van der Waals surface area contributed by atoms with Crippen molar-refractivity contribution >= 4 is 29.9 Å². The lowest BCUT2D eigenvalue weighted by Crippen LogP contribution is -2.40. The average Bonchev–Trinajstić information content (AvgIpc) is 2.62. The van der Waals surface area contributed by atoms with E-state index in [2.05, 4.69) is 48.2 Å². The zero-order chi connectivity index (χ0) is 18.7. The van der Waals surface area contributed by atoms with E-state index in [9.17, 15) is 0 Å². The summed E-state index contributed by atoms with van der Waals surface area (Å²) in [5, 5.41) is 6.56. The molecule has 6 nitrogen and oxygen atoms in total. The lowest BCUT2D eigenvalue weighted by molar-refractivity contribution is 0.217. The highest BCUT2D eigenvalue weighted by atomic mass is 127. The van der Waals surface area contributed by atoms with E-state index in [0.29, 0.717) is 19.2 Å². The number of methoxy groups -OCH3 is 1. The van der Waals surface area contributed by atoms with Gasteiger partial charge in [-0.15, -0.1) is 24.0 Å². The Bertz CT molecular complexity index is 534. The van der Waals surface area contributed by atoms with Crippen molar-refractivity contribution in [2.45, 2.75) is 40.3 Å². The van der Waals surface area contributed by atoms with Crippen molar-refractivity contribution in [3.05, 3.63) is 23.8 Å². The maximum Gasteiger partial charge on any atom is 0.191 e. The lowest BCUT2D eigenvalue weighted by atomic mass is 10.2. The summed E-state index contributed by atoms with van der Waals surface area (Å²) in [5.74, 6) is 2.32. The summed E-state index contributed by atoms with van der Waals surface area (Å²) >= 11 is 0. The number of ether oxygens (including phenoxy) is 2. The van der Waals surface area contributed by atoms with Crippen LogP contribution < -0.4 is 20.1 Å². The molecule has 0 saturated carbocycles. The molecule has 26 heavy (non-hydrogen) atoms. The molecule has 0 aliphatic heterocycles. The number of halogens is 1. The molecule has 1 rings (SSSR count). The Hall–Kier alpha value is -1.22. The van der Waals surface area contributed by atoms with Crippen molar-refractivity contribution in [3.63, 3.8) is 0 Å². The van der Waals surface area contributed by atoms with Gasteiger partial charge in [0.05, 0.1) is 7.11 Å². The van der Waals surface area contributed by atoms with Crippen molar-refractivity contribution in [2.24, 2.45) is 4.99 Å². The number of hydrogen-bond donors (Lipinski definition) is 2. The summed E-state index contributed by atoms with van der Waals surface area (Å²) < 4.78 is 11.4. The number of rotatable bonds is 10. The molecule has 2 N–H and O–H groups in total. The van der Waals surface area contributed by atoms with Crippen molar-refractivity contribution in [2.75, 3.05) is 40.4 Å². The Labute approximate surface area is 175 Å². The molecule has 0 unspecified atom stereocenters. The first kappa shape index (κ1) is 24.8. The molecule has 0 bridgehead atoms. The number of likely N-dealkylation sites (N-methyl/N-ethyl adjacent to an activating group) is 1. The van der Waals surface area contributed by atoms with Crippen molar-refractivity contribution in [1.82, 2.24) is 15.5 Å². The third-order valence-corrected chi connectivity index (χ3v) is 3.90. The highest BCUT2D eigenvalue weighted by Gasteiger charge is 2.08. The van der Waals surface area contributed by atoms with E-state index >= 15 is 0 Å². The first-order chi connectivity index (χ1) is 12.0. The normalized spacial score (nSPS) is 11.3. The van der Waals surface area contributed by atoms with Crippen LogP contribution in [0.15, 0.2) is 23.2 Å². The average molecular weight is 478 g/mol. The minimum atomic E-state index is 0. The molecular formula is C19H35IN4O2. The van der Waals surface area contributed by atoms with Crippen LogP contribution in [0.5, 0.6) is 11.5 Å². The molecule has 0 aliphatic rings. The highest BCUT2D eigenvalue weighted by molar-refractivity contribution is 14.0. The summed E-state index contributed by atoms with van der Waals surface area (Å²) in [6.07, 6.45) is 0. The van der Waals surface area contributed by atoms with Crippen LogP contribution in [0.2, 0.25) is 0 Å². The zero-order valence-corrected chi connectivity index (χ0v) is 19.3. The second-order valence-corrected chi connectivity index (χ2v) is 6.09. The van der Waals surface area contributed by atoms with Gasteiger partial charge in [0.15, 0.2) is 17.5 Å². The maximum absolute atomic E-state index is 5.89. The van der Waals surface area contributed by atoms with Gasteiger partial charge in [0.25, 0.3) is 0 Å². The first-order valence-corrected chi connectivity index (χ1v) is 9.03. The second kappa shape index (κ2) is 13.9. The minimum absolute atomic E-state index is 0. The molecule has 0 amide bonds. The molecule has 1 aromatic carbocycles. The third-order valence-electron chi connectivity index (χ3n) is 3.90. The Balaban J connectivity index is 0.00000625. The SMILES string of the molecule is CCN(CC)CCOc1ccc(CNC(=NC)NC(C)C)cc1OC.I. The first-order valence-electron chi connectivity index (χ1n) is 9.03. The van der Waals surface area contributed by atoms with Gasteiger partial charge in [-0.25, -0.2) is 0 Å². The van der Waals surface area contributed by atoms with Crippen LogP contribution in [-0.2, 0) is 6.54 Å². The van der Waals surface area contributed by atoms with E-state index in [0.717, 1.165) is 42.7 Å². The van der Waals surface area contributed by atoms with Crippen molar-refractivity contribution in [3.8, 4) is 11.5 Å². The van der Waals surface area contributed by atoms with Gasteiger partial charge < -0.3 is 25.0 Å². The van der Waals surface area contributed by atoms with Gasteiger partial charge in [-0.3, -0.25) is 4.99 Å². The number of hydrogen-bond acceptors (Lipinski definition) is 4. The van der Waals surface area contributed by atoms with E-state index < -0.39 is 0 Å². The molecule has 0 fully saturated rings. The smallest absolute Gasteiger partial charge is 0.191 e. The molecular weight excluding hydrogens is 443 g/mol. The Morgan fingerprint density at radius 2 is 1.88 bits per heavy atom. The highest BCUT2D eigenvalue weighted by Crippen LogP contribution is 2.28. The van der Waals surface area contributed by atoms with Gasteiger partial charge in [0, 0.05) is 26.2 Å². The fraction of sp³-hybridized carbons (Fsp3) is 0.632. The van der Waals surface area contributed by atoms with Crippen LogP contribution >= 0.6 is 24.0 Å². The third kappa shape index (κ3) is 8.93. The number of nitrogens with zero attached hydrogens (tertiary/aromatic N) is 2. The molecule has 0 atom stereocenters. The van der Waals surface area contributed by atoms with E-state index in [4.69, 9.17) is 9.47 Å². The van der Waals surface area contributed by atoms with Crippen LogP contribution in [0.1, 0.15) is 33.3 Å². The van der Waals surface area contributed by atoms with Crippen LogP contribution in [0.3, 0.4) is 0 Å². The van der Waals surface area contributed by atoms with Gasteiger partial charge in [-0.2, -0.15) is 0 Å². The van der Waals surface area contributed by atoms with Crippen molar-refractivity contribution in [1.29, 1.82) is 0 Å². The number of guanidine groups is 1. The number of aliphatic imine (C=N–C) groups is 1. The fourth-order valence-corrected chi connectivity index (χ4v) is 2.42. The molecule has 0 heterocycles. The molecule has 7 heteroatoms. The standard InChI is InChI=1S/C19H34N4O2.HI/c1-7-23(8-2)11-12-25-17-10-9-16(13-18(17)24-6)14-21-19(20-5)22-15(3)4;/h9-10,13,15H,7-8,11-12,14H2,1-6H3,(H2,20,21,22);1H. The van der Waals surface area contributed by atoms with Crippen LogP contribution in [0.4, 0.5) is 0 Å². The van der Waals surface area contributed by atoms with Gasteiger partial charge in [0.1, 0.15) is 6.61 Å². The van der Waals surface area contributed by atoms with Gasteiger partial charge >= 0.3 is 0 Å². The molecule has 150 valence electrons. The molecule has 0 aliphatic carbocycles. The summed E-state index contributed by atoms with van der Waals surface area (Å²) in [4.78, 5) is 6.54. The predicted molar refractivity (Wildman–Crippen MR) is 120 cm³/mol. The van der Waals surface area contributed by atoms with E-state index in [1.165, 1.54) is 0 Å². The van der Waals surface area contributed by atoms with Gasteiger partial charge in [-0.1, -0.05) is 19.9 Å². The van der Waals surface area contributed by atoms with E-state index in [1.807, 2.05) is 18.2 Å². The number of benzene rings is 1. The summed E-state index contributed by atoms with van der Waals surface area (Å²) in [6, 6.07) is 6.35. The topological polar surface area (TPSA) is 58.1 Å². The quantitative estimate of drug-likeness (QED) is 0.308. The Morgan fingerprint density at radius 1 is 1.19 bits per heavy atom. The fourth-order valence-electron chi connectivity index (χ4n) is 2.42. The zero-order valence-electron chi connectivity index (χ0n) is 17.0. The van der Waals surface area contributed by atoms with E-state index in [1.54, 1.807) is 14.2 Å². The number of nitrogens with one attached hydrogen (secondary N) is 2. The Morgan fingerprint density at radius 3 is 2.42 bits per heavy atom. The predicted octanol–water partition coefficient (Wildman–Crippen LogP) is 3.11. The van der Waals surface area contributed by atoms with Crippen molar-refractivity contribution < 1.29 is 9.47 Å². The summed E-state index contributed by atoms with van der Waals surface area (Å²) in [6.45, 7) is 12.8. The summed E-state index contributed by atoms with van der Waals surface area (Å²) in [5.41, 5.74) is 1.11. The van der Waals surface area contributed by atoms with Crippen LogP contribution in [-0.4, -0.2) is 57.3 Å².